The number of carbonyl (C=O) groups is 1. The van der Waals surface area contributed by atoms with E-state index in [1.54, 1.807) is 0 Å². The summed E-state index contributed by atoms with van der Waals surface area (Å²) in [5.41, 5.74) is 6.62. The van der Waals surface area contributed by atoms with Crippen LogP contribution < -0.4 is 56.7 Å². The van der Waals surface area contributed by atoms with E-state index >= 15 is 0 Å². The Kier molecular flexibility index (Phi) is 11.0. The Hall–Kier alpha value is 0.965. The number of carbonyl (C=O) groups excluding carboxylic acids is 1. The molecular weight excluding hydrogens is 357 g/mol. The Morgan fingerprint density at radius 2 is 2.50 bits per heavy atom. The van der Waals surface area contributed by atoms with Crippen LogP contribution in [-0.2, 0) is 25.9 Å². The van der Waals surface area contributed by atoms with E-state index in [-0.39, 0.29) is 84.9 Å². The van der Waals surface area contributed by atoms with Gasteiger partial charge in [-0.1, -0.05) is 6.54 Å². The van der Waals surface area contributed by atoms with Crippen molar-refractivity contribution < 1.29 is 81.8 Å². The first kappa shape index (κ1) is 15.4. The maximum Gasteiger partial charge on any atom is 1.00 e. The summed E-state index contributed by atoms with van der Waals surface area (Å²) in [7, 11) is 0. The van der Waals surface area contributed by atoms with Crippen molar-refractivity contribution in [1.29, 1.82) is 0 Å². The van der Waals surface area contributed by atoms with Gasteiger partial charge in [0.05, 0.1) is 0 Å². The summed E-state index contributed by atoms with van der Waals surface area (Å²) < 4.78 is 4.49. The fourth-order valence-corrected chi connectivity index (χ4v) is 0.420. The van der Waals surface area contributed by atoms with E-state index in [0.717, 1.165) is 0 Å². The van der Waals surface area contributed by atoms with Crippen LogP contribution in [0.4, 0.5) is 5.88 Å². The molecule has 60 valence electrons. The molecule has 0 spiro atoms. The molecule has 0 fully saturated rings. The summed E-state index contributed by atoms with van der Waals surface area (Å²) in [6, 6.07) is 2.51. The topological polar surface area (TPSA) is 78.9 Å². The van der Waals surface area contributed by atoms with Crippen molar-refractivity contribution in [3.8, 4) is 0 Å². The molecule has 2 N–H and O–H groups in total. The molecule has 7 heteroatoms. The maximum atomic E-state index is 10.5. The minimum atomic E-state index is -0.437. The number of nitrogens with zero attached hydrogens (tertiary/aromatic N) is 1. The number of hydrogen-bond acceptors (Lipinski definition) is 3. The molecule has 1 rings (SSSR count). The van der Waals surface area contributed by atoms with Crippen molar-refractivity contribution in [3.05, 3.63) is 18.0 Å². The van der Waals surface area contributed by atoms with E-state index in [0.29, 0.717) is 0 Å². The van der Waals surface area contributed by atoms with Gasteiger partial charge in [-0.2, -0.15) is 0 Å². The van der Waals surface area contributed by atoms with Gasteiger partial charge in [0, 0.05) is 26.9 Å². The SMILES string of the molecule is [K+].[NH-]CC(=O)Nc1[c-]cno1.[W]. The van der Waals surface area contributed by atoms with Gasteiger partial charge in [0.2, 0.25) is 5.91 Å². The molecule has 0 saturated heterocycles. The van der Waals surface area contributed by atoms with Crippen LogP contribution in [0.3, 0.4) is 0 Å². The molecule has 1 aromatic heterocycles. The Labute approximate surface area is 126 Å². The van der Waals surface area contributed by atoms with Crippen molar-refractivity contribution in [2.75, 3.05) is 11.9 Å². The van der Waals surface area contributed by atoms with Crippen molar-refractivity contribution in [2.24, 2.45) is 0 Å². The number of amides is 1. The Balaban J connectivity index is 0. The van der Waals surface area contributed by atoms with E-state index in [9.17, 15) is 4.79 Å². The summed E-state index contributed by atoms with van der Waals surface area (Å²) in [4.78, 5) is 10.5. The van der Waals surface area contributed by atoms with Crippen LogP contribution in [0.15, 0.2) is 10.7 Å². The van der Waals surface area contributed by atoms with E-state index in [4.69, 9.17) is 5.73 Å². The second-order valence-electron chi connectivity index (χ2n) is 1.52. The number of hydrogen-bond donors (Lipinski definition) is 1. The van der Waals surface area contributed by atoms with Crippen LogP contribution in [0.5, 0.6) is 0 Å². The van der Waals surface area contributed by atoms with Gasteiger partial charge in [0.15, 0.2) is 0 Å². The first-order valence-corrected chi connectivity index (χ1v) is 2.59. The maximum absolute atomic E-state index is 10.5. The van der Waals surface area contributed by atoms with Gasteiger partial charge < -0.3 is 21.6 Å². The summed E-state index contributed by atoms with van der Waals surface area (Å²) in [6.07, 6.45) is 1.29. The molecule has 5 nitrogen and oxygen atoms in total. The fourth-order valence-electron chi connectivity index (χ4n) is 0.420. The molecule has 0 unspecified atom stereocenters. The van der Waals surface area contributed by atoms with Crippen LogP contribution in [0.25, 0.3) is 5.73 Å². The minimum Gasteiger partial charge on any atom is -0.670 e. The molecule has 1 aromatic rings. The third-order valence-electron chi connectivity index (χ3n) is 0.806. The van der Waals surface area contributed by atoms with Crippen LogP contribution >= 0.6 is 0 Å². The monoisotopic (exact) mass is 362 g/mol. The zero-order valence-corrected chi connectivity index (χ0v) is 12.5. The fraction of sp³-hybridized carbons (Fsp3) is 0.200. The van der Waals surface area contributed by atoms with Crippen molar-refractivity contribution >= 4 is 11.8 Å². The third kappa shape index (κ3) is 5.58. The van der Waals surface area contributed by atoms with Crippen molar-refractivity contribution in [1.82, 2.24) is 5.16 Å². The third-order valence-corrected chi connectivity index (χ3v) is 0.806. The quantitative estimate of drug-likeness (QED) is 0.466. The van der Waals surface area contributed by atoms with Crippen LogP contribution in [-0.4, -0.2) is 17.6 Å². The Morgan fingerprint density at radius 3 is 2.92 bits per heavy atom. The zero-order chi connectivity index (χ0) is 7.40. The molecule has 0 bridgehead atoms. The molecule has 1 heterocycles. The molecule has 0 saturated carbocycles. The van der Waals surface area contributed by atoms with Crippen molar-refractivity contribution in [2.45, 2.75) is 0 Å². The summed E-state index contributed by atoms with van der Waals surface area (Å²) in [5.74, 6) is -0.287. The molecular formula is C5H5KN3O2W-. The minimum absolute atomic E-state index is 0. The van der Waals surface area contributed by atoms with Gasteiger partial charge in [-0.3, -0.25) is 4.79 Å². The van der Waals surface area contributed by atoms with E-state index in [1.807, 2.05) is 0 Å². The smallest absolute Gasteiger partial charge is 0.670 e. The summed E-state index contributed by atoms with van der Waals surface area (Å²) in [6.45, 7) is -0.325. The van der Waals surface area contributed by atoms with Gasteiger partial charge >= 0.3 is 51.4 Å². The van der Waals surface area contributed by atoms with Gasteiger partial charge in [0.25, 0.3) is 0 Å². The van der Waals surface area contributed by atoms with Crippen molar-refractivity contribution in [3.63, 3.8) is 0 Å². The summed E-state index contributed by atoms with van der Waals surface area (Å²) in [5, 5.41) is 5.56. The predicted octanol–water partition coefficient (Wildman–Crippen LogP) is -2.53. The first-order valence-electron chi connectivity index (χ1n) is 2.59. The van der Waals surface area contributed by atoms with E-state index in [1.165, 1.54) is 6.20 Å². The second-order valence-corrected chi connectivity index (χ2v) is 1.52. The largest absolute Gasteiger partial charge is 1.00 e. The Bertz CT molecular complexity index is 216. The van der Waals surface area contributed by atoms with Gasteiger partial charge in [-0.25, -0.2) is 0 Å². The van der Waals surface area contributed by atoms with Gasteiger partial charge in [-0.15, -0.1) is 11.4 Å². The summed E-state index contributed by atoms with van der Waals surface area (Å²) >= 11 is 0. The average molecular weight is 362 g/mol. The van der Waals surface area contributed by atoms with Crippen LogP contribution in [0.1, 0.15) is 0 Å². The normalized spacial score (nSPS) is 7.75. The van der Waals surface area contributed by atoms with Gasteiger partial charge in [0.1, 0.15) is 0 Å². The number of anilines is 1. The standard InChI is InChI=1S/C5H5N3O2.K.W/c6-3-4(9)8-5-1-2-7-10-5;;/h2,6H,3H2,(H,8,9);;/q-2;+1;. The molecule has 0 aliphatic rings. The molecule has 12 heavy (non-hydrogen) atoms. The molecule has 0 atom stereocenters. The Morgan fingerprint density at radius 1 is 1.83 bits per heavy atom. The molecule has 0 aliphatic carbocycles. The van der Waals surface area contributed by atoms with Crippen LogP contribution in [0, 0.1) is 6.07 Å². The van der Waals surface area contributed by atoms with E-state index in [2.05, 4.69) is 21.1 Å². The molecule has 0 radical (unpaired) electrons. The number of rotatable bonds is 2. The number of nitrogens with one attached hydrogen (secondary N) is 2. The van der Waals surface area contributed by atoms with Gasteiger partial charge in [-0.05, 0) is 0 Å². The molecule has 1 amide bonds. The second kappa shape index (κ2) is 8.56. The zero-order valence-electron chi connectivity index (χ0n) is 6.46. The molecule has 0 aromatic carbocycles. The average Bonchev–Trinajstić information content (AvgIpc) is 2.40. The number of aromatic nitrogens is 1. The first-order chi connectivity index (χ1) is 4.83. The van der Waals surface area contributed by atoms with E-state index < -0.39 is 5.91 Å². The van der Waals surface area contributed by atoms with Crippen LogP contribution in [0.2, 0.25) is 0 Å². The predicted molar refractivity (Wildman–Crippen MR) is 33.2 cm³/mol. The molecule has 0 aliphatic heterocycles.